The lowest BCUT2D eigenvalue weighted by Crippen LogP contribution is -2.36. The first kappa shape index (κ1) is 15.0. The third-order valence-electron chi connectivity index (χ3n) is 3.77. The number of likely N-dealkylation sites (N-methyl/N-ethyl adjacent to an activating group) is 1. The van der Waals surface area contributed by atoms with Crippen LogP contribution in [0.3, 0.4) is 0 Å². The topological polar surface area (TPSA) is 39.1 Å². The lowest BCUT2D eigenvalue weighted by molar-refractivity contribution is 0.0578. The molecule has 1 saturated heterocycles. The number of rotatable bonds is 5. The van der Waals surface area contributed by atoms with Gasteiger partial charge in [0.1, 0.15) is 0 Å². The highest BCUT2D eigenvalue weighted by atomic mass is 79.9. The highest BCUT2D eigenvalue weighted by Crippen LogP contribution is 2.35. The molecule has 0 aromatic carbocycles. The second-order valence-corrected chi connectivity index (χ2v) is 6.41. The van der Waals surface area contributed by atoms with Gasteiger partial charge in [-0.3, -0.25) is 4.68 Å². The summed E-state index contributed by atoms with van der Waals surface area (Å²) in [5.74, 6) is 0.575. The monoisotopic (exact) mass is 329 g/mol. The van der Waals surface area contributed by atoms with Crippen LogP contribution in [0.25, 0.3) is 0 Å². The predicted octanol–water partition coefficient (Wildman–Crippen LogP) is 3.30. The van der Waals surface area contributed by atoms with Crippen molar-refractivity contribution in [2.45, 2.75) is 52.3 Å². The molecule has 1 aromatic rings. The van der Waals surface area contributed by atoms with Crippen LogP contribution in [0.15, 0.2) is 10.7 Å². The van der Waals surface area contributed by atoms with Gasteiger partial charge >= 0.3 is 0 Å². The Hall–Kier alpha value is -0.390. The van der Waals surface area contributed by atoms with Crippen molar-refractivity contribution in [2.75, 3.05) is 13.2 Å². The third kappa shape index (κ3) is 3.03. The number of hydrogen-bond donors (Lipinski definition) is 1. The summed E-state index contributed by atoms with van der Waals surface area (Å²) in [5.41, 5.74) is 1.20. The fourth-order valence-electron chi connectivity index (χ4n) is 2.78. The molecule has 1 aromatic heterocycles. The first-order chi connectivity index (χ1) is 9.06. The van der Waals surface area contributed by atoms with Crippen LogP contribution >= 0.6 is 15.9 Å². The van der Waals surface area contributed by atoms with Gasteiger partial charge < -0.3 is 10.1 Å². The lowest BCUT2D eigenvalue weighted by Gasteiger charge is -2.28. The maximum Gasteiger partial charge on any atom is 0.0811 e. The van der Waals surface area contributed by atoms with Crippen molar-refractivity contribution in [3.63, 3.8) is 0 Å². The summed E-state index contributed by atoms with van der Waals surface area (Å²) in [6.45, 7) is 10.5. The number of ether oxygens (including phenoxy) is 1. The molecule has 3 unspecified atom stereocenters. The number of aromatic nitrogens is 2. The van der Waals surface area contributed by atoms with Gasteiger partial charge in [-0.05, 0) is 48.7 Å². The smallest absolute Gasteiger partial charge is 0.0811 e. The van der Waals surface area contributed by atoms with E-state index in [4.69, 9.17) is 4.74 Å². The van der Waals surface area contributed by atoms with Gasteiger partial charge in [-0.2, -0.15) is 5.10 Å². The Kier molecular flexibility index (Phi) is 5.03. The molecule has 0 aliphatic carbocycles. The molecule has 0 amide bonds. The fourth-order valence-corrected chi connectivity index (χ4v) is 3.30. The molecular weight excluding hydrogens is 306 g/mol. The quantitative estimate of drug-likeness (QED) is 0.900. The zero-order chi connectivity index (χ0) is 14.0. The molecule has 4 nitrogen and oxygen atoms in total. The van der Waals surface area contributed by atoms with Crippen molar-refractivity contribution in [1.82, 2.24) is 15.1 Å². The van der Waals surface area contributed by atoms with Crippen LogP contribution in [0.4, 0.5) is 0 Å². The Morgan fingerprint density at radius 2 is 2.32 bits per heavy atom. The molecule has 1 aliphatic heterocycles. The second-order valence-electron chi connectivity index (χ2n) is 5.55. The second kappa shape index (κ2) is 6.37. The summed E-state index contributed by atoms with van der Waals surface area (Å²) < 4.78 is 9.12. The van der Waals surface area contributed by atoms with Crippen molar-refractivity contribution in [2.24, 2.45) is 5.92 Å². The van der Waals surface area contributed by atoms with Crippen LogP contribution in [-0.4, -0.2) is 29.0 Å². The molecule has 0 saturated carbocycles. The molecule has 2 heterocycles. The minimum absolute atomic E-state index is 0.196. The van der Waals surface area contributed by atoms with Crippen molar-refractivity contribution in [3.8, 4) is 0 Å². The maximum absolute atomic E-state index is 5.97. The minimum atomic E-state index is 0.196. The van der Waals surface area contributed by atoms with Crippen LogP contribution in [0, 0.1) is 5.92 Å². The largest absolute Gasteiger partial charge is 0.376 e. The van der Waals surface area contributed by atoms with Gasteiger partial charge in [0, 0.05) is 12.6 Å². The van der Waals surface area contributed by atoms with E-state index in [2.05, 4.69) is 58.7 Å². The average molecular weight is 330 g/mol. The van der Waals surface area contributed by atoms with Crippen LogP contribution in [-0.2, 0) is 4.74 Å². The van der Waals surface area contributed by atoms with Crippen molar-refractivity contribution < 1.29 is 4.74 Å². The Balaban J connectivity index is 2.35. The molecule has 1 N–H and O–H groups in total. The van der Waals surface area contributed by atoms with E-state index in [1.807, 2.05) is 6.20 Å². The molecule has 108 valence electrons. The number of nitrogens with zero attached hydrogens (tertiary/aromatic N) is 2. The van der Waals surface area contributed by atoms with Crippen molar-refractivity contribution in [3.05, 3.63) is 16.4 Å². The van der Waals surface area contributed by atoms with Gasteiger partial charge in [-0.15, -0.1) is 0 Å². The Morgan fingerprint density at radius 1 is 1.58 bits per heavy atom. The lowest BCUT2D eigenvalue weighted by atomic mass is 9.95. The Bertz CT molecular complexity index is 419. The molecule has 3 atom stereocenters. The van der Waals surface area contributed by atoms with Crippen LogP contribution in [0.1, 0.15) is 51.9 Å². The Morgan fingerprint density at radius 3 is 2.84 bits per heavy atom. The van der Waals surface area contributed by atoms with Crippen molar-refractivity contribution >= 4 is 15.9 Å². The first-order valence-electron chi connectivity index (χ1n) is 7.14. The van der Waals surface area contributed by atoms with Gasteiger partial charge in [0.2, 0.25) is 0 Å². The van der Waals surface area contributed by atoms with Crippen molar-refractivity contribution in [1.29, 1.82) is 0 Å². The first-order valence-corrected chi connectivity index (χ1v) is 7.93. The highest BCUT2D eigenvalue weighted by molar-refractivity contribution is 9.10. The molecule has 2 rings (SSSR count). The number of halogens is 1. The predicted molar refractivity (Wildman–Crippen MR) is 80.3 cm³/mol. The summed E-state index contributed by atoms with van der Waals surface area (Å²) in [4.78, 5) is 0. The van der Waals surface area contributed by atoms with E-state index in [9.17, 15) is 0 Å². The Labute approximate surface area is 124 Å². The molecule has 0 bridgehead atoms. The number of hydrogen-bond acceptors (Lipinski definition) is 3. The summed E-state index contributed by atoms with van der Waals surface area (Å²) in [5, 5.41) is 8.07. The fraction of sp³-hybridized carbons (Fsp3) is 0.786. The summed E-state index contributed by atoms with van der Waals surface area (Å²) >= 11 is 3.64. The van der Waals surface area contributed by atoms with Gasteiger partial charge in [0.25, 0.3) is 0 Å². The summed E-state index contributed by atoms with van der Waals surface area (Å²) in [6, 6.07) is 0.543. The zero-order valence-corrected chi connectivity index (χ0v) is 13.8. The standard InChI is InChI=1S/C14H24BrN3O/c1-5-16-12(14-10(4)6-7-19-14)13-11(15)8-17-18(13)9(2)3/h8-10,12,14,16H,5-7H2,1-4H3. The van der Waals surface area contributed by atoms with E-state index in [-0.39, 0.29) is 12.1 Å². The van der Waals surface area contributed by atoms with Gasteiger partial charge in [-0.25, -0.2) is 0 Å². The molecule has 0 spiro atoms. The van der Waals surface area contributed by atoms with Gasteiger partial charge in [-0.1, -0.05) is 13.8 Å². The highest BCUT2D eigenvalue weighted by Gasteiger charge is 2.35. The summed E-state index contributed by atoms with van der Waals surface area (Å²) in [6.07, 6.45) is 3.25. The van der Waals surface area contributed by atoms with E-state index in [1.54, 1.807) is 0 Å². The van der Waals surface area contributed by atoms with E-state index in [0.717, 1.165) is 24.0 Å². The van der Waals surface area contributed by atoms with Crippen LogP contribution in [0.5, 0.6) is 0 Å². The molecular formula is C14H24BrN3O. The van der Waals surface area contributed by atoms with Crippen LogP contribution in [0.2, 0.25) is 0 Å². The summed E-state index contributed by atoms with van der Waals surface area (Å²) in [7, 11) is 0. The van der Waals surface area contributed by atoms with E-state index >= 15 is 0 Å². The molecule has 0 radical (unpaired) electrons. The van der Waals surface area contributed by atoms with Gasteiger partial charge in [0.15, 0.2) is 0 Å². The average Bonchev–Trinajstić information content (AvgIpc) is 2.93. The molecule has 5 heteroatoms. The SMILES string of the molecule is CCNC(c1c(Br)cnn1C(C)C)C1OCCC1C. The van der Waals surface area contributed by atoms with E-state index in [0.29, 0.717) is 12.0 Å². The van der Waals surface area contributed by atoms with E-state index in [1.165, 1.54) is 5.69 Å². The third-order valence-corrected chi connectivity index (χ3v) is 4.38. The molecule has 1 fully saturated rings. The molecule has 19 heavy (non-hydrogen) atoms. The van der Waals surface area contributed by atoms with Gasteiger partial charge in [0.05, 0.1) is 28.5 Å². The minimum Gasteiger partial charge on any atom is -0.376 e. The zero-order valence-electron chi connectivity index (χ0n) is 12.2. The number of nitrogens with one attached hydrogen (secondary N) is 1. The normalized spacial score (nSPS) is 25.2. The molecule has 1 aliphatic rings. The van der Waals surface area contributed by atoms with Crippen LogP contribution < -0.4 is 5.32 Å². The van der Waals surface area contributed by atoms with E-state index < -0.39 is 0 Å². The maximum atomic E-state index is 5.97.